The fraction of sp³-hybridized carbons (Fsp3) is 0.357. The van der Waals surface area contributed by atoms with Crippen molar-refractivity contribution in [2.75, 3.05) is 13.7 Å². The number of methoxy groups -OCH3 is 1. The van der Waals surface area contributed by atoms with Gasteiger partial charge in [0.1, 0.15) is 5.75 Å². The maximum Gasteiger partial charge on any atom is 0.137 e. The number of rotatable bonds is 6. The fourth-order valence-corrected chi connectivity index (χ4v) is 3.49. The van der Waals surface area contributed by atoms with Gasteiger partial charge in [0.2, 0.25) is 0 Å². The zero-order chi connectivity index (χ0) is 14.5. The van der Waals surface area contributed by atoms with Crippen molar-refractivity contribution in [3.05, 3.63) is 44.6 Å². The molecule has 20 heavy (non-hydrogen) atoms. The lowest BCUT2D eigenvalue weighted by molar-refractivity contribution is 0.405. The summed E-state index contributed by atoms with van der Waals surface area (Å²) in [5.74, 6) is 0.874. The fourth-order valence-electron chi connectivity index (χ4n) is 2.01. The zero-order valence-electron chi connectivity index (χ0n) is 11.5. The van der Waals surface area contributed by atoms with E-state index in [2.05, 4.69) is 48.3 Å². The van der Waals surface area contributed by atoms with Crippen LogP contribution < -0.4 is 10.1 Å². The molecule has 1 aromatic carbocycles. The van der Waals surface area contributed by atoms with Gasteiger partial charge in [0, 0.05) is 42.8 Å². The summed E-state index contributed by atoms with van der Waals surface area (Å²) in [5.41, 5.74) is 2.22. The van der Waals surface area contributed by atoms with Gasteiger partial charge in [0.15, 0.2) is 0 Å². The summed E-state index contributed by atoms with van der Waals surface area (Å²) in [6, 6.07) is 6.09. The Kier molecular flexibility index (Phi) is 5.63. The van der Waals surface area contributed by atoms with E-state index in [0.717, 1.165) is 45.5 Å². The van der Waals surface area contributed by atoms with Gasteiger partial charge in [-0.25, -0.2) is 0 Å². The molecule has 108 valence electrons. The lowest BCUT2D eigenvalue weighted by atomic mass is 10.2. The molecule has 0 saturated carbocycles. The van der Waals surface area contributed by atoms with Gasteiger partial charge >= 0.3 is 0 Å². The Balaban J connectivity index is 1.90. The van der Waals surface area contributed by atoms with E-state index in [1.165, 1.54) is 0 Å². The van der Waals surface area contributed by atoms with Crippen molar-refractivity contribution in [3.8, 4) is 5.75 Å². The number of hydrogen-bond acceptors (Lipinski definition) is 3. The van der Waals surface area contributed by atoms with Gasteiger partial charge in [-0.1, -0.05) is 15.9 Å². The molecule has 0 aliphatic carbocycles. The van der Waals surface area contributed by atoms with Crippen LogP contribution in [-0.2, 0) is 20.0 Å². The minimum atomic E-state index is 0.758. The van der Waals surface area contributed by atoms with Crippen LogP contribution >= 0.6 is 31.9 Å². The molecule has 0 atom stereocenters. The van der Waals surface area contributed by atoms with Crippen molar-refractivity contribution in [3.63, 3.8) is 0 Å². The zero-order valence-corrected chi connectivity index (χ0v) is 14.7. The second kappa shape index (κ2) is 7.24. The molecule has 1 heterocycles. The molecule has 6 heteroatoms. The third-order valence-corrected chi connectivity index (χ3v) is 3.98. The first-order chi connectivity index (χ1) is 9.60. The van der Waals surface area contributed by atoms with Crippen LogP contribution in [0.15, 0.2) is 33.3 Å². The van der Waals surface area contributed by atoms with E-state index in [1.54, 1.807) is 7.11 Å². The quantitative estimate of drug-likeness (QED) is 0.753. The molecule has 0 aliphatic rings. The van der Waals surface area contributed by atoms with Gasteiger partial charge < -0.3 is 10.1 Å². The lowest BCUT2D eigenvalue weighted by Crippen LogP contribution is -2.17. The molecule has 2 aromatic rings. The van der Waals surface area contributed by atoms with Crippen LogP contribution in [0.4, 0.5) is 0 Å². The highest BCUT2D eigenvalue weighted by atomic mass is 79.9. The standard InChI is InChI=1S/C14H17Br2N3O/c1-19-6-4-12(18-19)3-5-17-9-10-7-11(15)8-13(16)14(10)20-2/h4,6-8,17H,3,5,9H2,1-2H3. The predicted molar refractivity (Wildman–Crippen MR) is 87.0 cm³/mol. The Hall–Kier alpha value is -0.850. The Morgan fingerprint density at radius 2 is 2.15 bits per heavy atom. The SMILES string of the molecule is COc1c(Br)cc(Br)cc1CNCCc1ccn(C)n1. The van der Waals surface area contributed by atoms with E-state index in [0.29, 0.717) is 0 Å². The summed E-state index contributed by atoms with van der Waals surface area (Å²) in [6.45, 7) is 1.64. The number of ether oxygens (including phenoxy) is 1. The number of nitrogens with zero attached hydrogens (tertiary/aromatic N) is 2. The average molecular weight is 403 g/mol. The van der Waals surface area contributed by atoms with Gasteiger partial charge in [-0.15, -0.1) is 0 Å². The Morgan fingerprint density at radius 3 is 2.80 bits per heavy atom. The van der Waals surface area contributed by atoms with Crippen LogP contribution in [0.1, 0.15) is 11.3 Å². The average Bonchev–Trinajstić information content (AvgIpc) is 2.80. The Bertz CT molecular complexity index is 584. The van der Waals surface area contributed by atoms with Crippen LogP contribution in [0.3, 0.4) is 0 Å². The summed E-state index contributed by atoms with van der Waals surface area (Å²) in [4.78, 5) is 0. The van der Waals surface area contributed by atoms with E-state index in [1.807, 2.05) is 30.1 Å². The summed E-state index contributed by atoms with van der Waals surface area (Å²) in [7, 11) is 3.62. The van der Waals surface area contributed by atoms with Crippen molar-refractivity contribution >= 4 is 31.9 Å². The molecule has 0 unspecified atom stereocenters. The van der Waals surface area contributed by atoms with Gasteiger partial charge in [-0.05, 0) is 34.1 Å². The van der Waals surface area contributed by atoms with Crippen LogP contribution in [0, 0.1) is 0 Å². The monoisotopic (exact) mass is 401 g/mol. The molecule has 1 N–H and O–H groups in total. The predicted octanol–water partition coefficient (Wildman–Crippen LogP) is 3.29. The third-order valence-electron chi connectivity index (χ3n) is 2.93. The normalized spacial score (nSPS) is 10.8. The molecule has 0 spiro atoms. The van der Waals surface area contributed by atoms with Gasteiger partial charge in [0.05, 0.1) is 17.3 Å². The highest BCUT2D eigenvalue weighted by molar-refractivity contribution is 9.11. The summed E-state index contributed by atoms with van der Waals surface area (Å²) in [5, 5.41) is 7.77. The summed E-state index contributed by atoms with van der Waals surface area (Å²) < 4.78 is 9.24. The number of nitrogens with one attached hydrogen (secondary N) is 1. The first kappa shape index (κ1) is 15.5. The molecular formula is C14H17Br2N3O. The summed E-state index contributed by atoms with van der Waals surface area (Å²) >= 11 is 7.01. The highest BCUT2D eigenvalue weighted by Gasteiger charge is 2.08. The number of hydrogen-bond donors (Lipinski definition) is 1. The van der Waals surface area contributed by atoms with Crippen LogP contribution in [0.25, 0.3) is 0 Å². The topological polar surface area (TPSA) is 39.1 Å². The molecule has 4 nitrogen and oxygen atoms in total. The molecule has 0 bridgehead atoms. The van der Waals surface area contributed by atoms with Crippen LogP contribution in [-0.4, -0.2) is 23.4 Å². The number of aromatic nitrogens is 2. The molecule has 0 amide bonds. The van der Waals surface area contributed by atoms with Gasteiger partial charge in [-0.2, -0.15) is 5.10 Å². The van der Waals surface area contributed by atoms with Crippen LogP contribution in [0.2, 0.25) is 0 Å². The smallest absolute Gasteiger partial charge is 0.137 e. The number of aryl methyl sites for hydroxylation is 1. The third kappa shape index (κ3) is 4.07. The Labute approximate surface area is 135 Å². The van der Waals surface area contributed by atoms with Gasteiger partial charge in [-0.3, -0.25) is 4.68 Å². The minimum Gasteiger partial charge on any atom is -0.495 e. The van der Waals surface area contributed by atoms with E-state index in [-0.39, 0.29) is 0 Å². The Morgan fingerprint density at radius 1 is 1.35 bits per heavy atom. The highest BCUT2D eigenvalue weighted by Crippen LogP contribution is 2.32. The molecule has 1 aromatic heterocycles. The van der Waals surface area contributed by atoms with E-state index in [9.17, 15) is 0 Å². The van der Waals surface area contributed by atoms with Gasteiger partial charge in [0.25, 0.3) is 0 Å². The maximum absolute atomic E-state index is 5.43. The number of benzene rings is 1. The molecule has 0 fully saturated rings. The number of halogens is 2. The molecule has 0 saturated heterocycles. The molecule has 0 aliphatic heterocycles. The van der Waals surface area contributed by atoms with Crippen molar-refractivity contribution in [1.29, 1.82) is 0 Å². The lowest BCUT2D eigenvalue weighted by Gasteiger charge is -2.12. The van der Waals surface area contributed by atoms with Crippen LogP contribution in [0.5, 0.6) is 5.75 Å². The van der Waals surface area contributed by atoms with Crippen molar-refractivity contribution < 1.29 is 4.74 Å². The molecule has 2 rings (SSSR count). The van der Waals surface area contributed by atoms with Crippen molar-refractivity contribution in [1.82, 2.24) is 15.1 Å². The molecule has 0 radical (unpaired) electrons. The van der Waals surface area contributed by atoms with E-state index >= 15 is 0 Å². The first-order valence-corrected chi connectivity index (χ1v) is 7.90. The second-order valence-electron chi connectivity index (χ2n) is 4.49. The van der Waals surface area contributed by atoms with E-state index in [4.69, 9.17) is 4.74 Å². The van der Waals surface area contributed by atoms with Crippen molar-refractivity contribution in [2.24, 2.45) is 7.05 Å². The minimum absolute atomic E-state index is 0.758. The second-order valence-corrected chi connectivity index (χ2v) is 6.26. The van der Waals surface area contributed by atoms with Crippen molar-refractivity contribution in [2.45, 2.75) is 13.0 Å². The first-order valence-electron chi connectivity index (χ1n) is 6.31. The largest absolute Gasteiger partial charge is 0.495 e. The summed E-state index contributed by atoms with van der Waals surface area (Å²) in [6.07, 6.45) is 2.88. The molecular weight excluding hydrogens is 386 g/mol. The van der Waals surface area contributed by atoms with E-state index < -0.39 is 0 Å². The maximum atomic E-state index is 5.43.